The molecule has 0 aliphatic carbocycles. The van der Waals surface area contributed by atoms with Crippen molar-refractivity contribution in [3.05, 3.63) is 60.8 Å². The number of hydrogen-bond acceptors (Lipinski definition) is 0. The van der Waals surface area contributed by atoms with Crippen LogP contribution in [0.2, 0.25) is 0 Å². The first-order valence-corrected chi connectivity index (χ1v) is 20.9. The molecule has 0 heteroatoms. The zero-order chi connectivity index (χ0) is 36.0. The molecule has 0 saturated heterocycles. The molecule has 274 valence electrons. The third-order valence-electron chi connectivity index (χ3n) is 9.38. The fourth-order valence-corrected chi connectivity index (χ4v) is 6.08. The summed E-state index contributed by atoms with van der Waals surface area (Å²) in [6.45, 7) is 11.3. The topological polar surface area (TPSA) is 0 Å². The summed E-state index contributed by atoms with van der Waals surface area (Å²) in [5.41, 5.74) is -1.35. The van der Waals surface area contributed by atoms with E-state index in [1.54, 1.807) is 0 Å². The first-order valence-electron chi connectivity index (χ1n) is 20.9. The van der Waals surface area contributed by atoms with E-state index in [0.29, 0.717) is 0 Å². The molecule has 0 bridgehead atoms. The zero-order valence-electron chi connectivity index (χ0n) is 33.2. The molecule has 0 aliphatic rings. The summed E-state index contributed by atoms with van der Waals surface area (Å²) in [5, 5.41) is 0. The van der Waals surface area contributed by atoms with E-state index in [1.165, 1.54) is 128 Å². The van der Waals surface area contributed by atoms with Gasteiger partial charge in [0.15, 0.2) is 0 Å². The minimum Gasteiger partial charge on any atom is -0.118 e. The van der Waals surface area contributed by atoms with E-state index in [2.05, 4.69) is 125 Å². The molecule has 49 heavy (non-hydrogen) atoms. The Hall–Kier alpha value is -2.62. The lowest BCUT2D eigenvalue weighted by Crippen LogP contribution is -2.34. The lowest BCUT2D eigenvalue weighted by atomic mass is 9.62. The molecule has 0 aromatic heterocycles. The second-order valence-electron chi connectivity index (χ2n) is 14.0. The van der Waals surface area contributed by atoms with E-state index in [-0.39, 0.29) is 0 Å². The van der Waals surface area contributed by atoms with Crippen LogP contribution >= 0.6 is 0 Å². The van der Waals surface area contributed by atoms with Crippen LogP contribution in [0.15, 0.2) is 60.8 Å². The van der Waals surface area contributed by atoms with Gasteiger partial charge in [0, 0.05) is 6.42 Å². The molecule has 0 rings (SSSR count). The largest absolute Gasteiger partial charge is 0.126 e. The normalized spacial score (nSPS) is 14.3. The van der Waals surface area contributed by atoms with Crippen molar-refractivity contribution in [2.24, 2.45) is 10.8 Å². The van der Waals surface area contributed by atoms with E-state index in [0.717, 1.165) is 38.5 Å². The molecule has 0 saturated carbocycles. The van der Waals surface area contributed by atoms with E-state index in [4.69, 9.17) is 6.42 Å². The van der Waals surface area contributed by atoms with Crippen molar-refractivity contribution in [3.63, 3.8) is 0 Å². The highest BCUT2D eigenvalue weighted by Gasteiger charge is 2.42. The number of hydrogen-bond donors (Lipinski definition) is 0. The van der Waals surface area contributed by atoms with Gasteiger partial charge in [-0.05, 0) is 69.6 Å². The van der Waals surface area contributed by atoms with Gasteiger partial charge in [-0.1, -0.05) is 216 Å². The van der Waals surface area contributed by atoms with Gasteiger partial charge in [-0.25, -0.2) is 0 Å². The second kappa shape index (κ2) is 35.2. The Morgan fingerprint density at radius 3 is 1.29 bits per heavy atom. The summed E-state index contributed by atoms with van der Waals surface area (Å²) in [6.07, 6.45) is 61.4. The quantitative estimate of drug-likeness (QED) is 0.0392. The smallest absolute Gasteiger partial charge is 0.118 e. The van der Waals surface area contributed by atoms with Crippen LogP contribution in [0.5, 0.6) is 0 Å². The van der Waals surface area contributed by atoms with Crippen molar-refractivity contribution < 1.29 is 0 Å². The lowest BCUT2D eigenvalue weighted by Gasteiger charge is -2.37. The van der Waals surface area contributed by atoms with Crippen LogP contribution in [0.4, 0.5) is 0 Å². The van der Waals surface area contributed by atoms with E-state index in [9.17, 15) is 0 Å². The highest BCUT2D eigenvalue weighted by atomic mass is 14.4. The van der Waals surface area contributed by atoms with Gasteiger partial charge in [-0.15, -0.1) is 6.42 Å². The fraction of sp³-hybridized carbons (Fsp3) is 0.673. The maximum Gasteiger partial charge on any atom is 0.126 e. The number of terminal acetylenes is 1. The van der Waals surface area contributed by atoms with Crippen LogP contribution in [0.1, 0.15) is 202 Å². The third-order valence-corrected chi connectivity index (χ3v) is 9.38. The van der Waals surface area contributed by atoms with Gasteiger partial charge in [0.05, 0.1) is 5.41 Å². The highest BCUT2D eigenvalue weighted by Crippen LogP contribution is 2.45. The predicted molar refractivity (Wildman–Crippen MR) is 223 cm³/mol. The molecule has 0 spiro atoms. The highest BCUT2D eigenvalue weighted by molar-refractivity contribution is 5.48. The number of rotatable bonds is 31. The van der Waals surface area contributed by atoms with Gasteiger partial charge in [-0.2, -0.15) is 0 Å². The summed E-state index contributed by atoms with van der Waals surface area (Å²) in [4.78, 5) is 0. The molecule has 2 unspecified atom stereocenters. The van der Waals surface area contributed by atoms with Crippen LogP contribution < -0.4 is 0 Å². The summed E-state index contributed by atoms with van der Waals surface area (Å²) in [7, 11) is 0. The van der Waals surface area contributed by atoms with E-state index >= 15 is 0 Å². The third kappa shape index (κ3) is 24.2. The molecule has 0 heterocycles. The number of unbranched alkanes of at least 4 members (excludes halogenated alkanes) is 20. The molecule has 0 aromatic carbocycles. The van der Waals surface area contributed by atoms with E-state index < -0.39 is 10.8 Å². The van der Waals surface area contributed by atoms with Crippen molar-refractivity contribution in [3.8, 4) is 36.0 Å². The average molecular weight is 667 g/mol. The minimum atomic E-state index is -0.819. The predicted octanol–water partition coefficient (Wildman–Crippen LogP) is 15.6. The van der Waals surface area contributed by atoms with Crippen molar-refractivity contribution >= 4 is 0 Å². The van der Waals surface area contributed by atoms with Crippen LogP contribution in [0.25, 0.3) is 0 Å². The molecule has 0 fully saturated rings. The van der Waals surface area contributed by atoms with Gasteiger partial charge >= 0.3 is 0 Å². The van der Waals surface area contributed by atoms with Crippen molar-refractivity contribution in [2.75, 3.05) is 0 Å². The zero-order valence-corrected chi connectivity index (χ0v) is 33.2. The fourth-order valence-electron chi connectivity index (χ4n) is 6.08. The van der Waals surface area contributed by atoms with Crippen molar-refractivity contribution in [2.45, 2.75) is 202 Å². The summed E-state index contributed by atoms with van der Waals surface area (Å²) >= 11 is 0. The summed E-state index contributed by atoms with van der Waals surface area (Å²) < 4.78 is 0. The Labute approximate surface area is 308 Å². The molecule has 0 aliphatic heterocycles. The first-order chi connectivity index (χ1) is 24.1. The Kier molecular flexibility index (Phi) is 33.3. The van der Waals surface area contributed by atoms with Crippen LogP contribution in [0, 0.1) is 46.9 Å². The van der Waals surface area contributed by atoms with Crippen molar-refractivity contribution in [1.29, 1.82) is 0 Å². The molecule has 2 atom stereocenters. The summed E-state index contributed by atoms with van der Waals surface area (Å²) in [6, 6.07) is 0. The SMILES string of the molecule is C#CC(C#CC#CCC=CCCCC)(C=CCCCCCCCC)C(C=CCCCCC)(C=CCCCCCC)C=CCCCCCCC. The standard InChI is InChI=1S/C49H78/c1-7-13-18-23-27-29-32-36-39-44-48(12-6,43-38-35-31-28-24-19-14-8-2)49(45-40-33-22-17-11-5,46-41-34-26-21-16-10-4)47-42-37-30-25-20-15-9-3/h6,23,27,38,40-43,45-47H,7-11,13-22,24-26,28-31,33-35,37H2,1-5H3. The lowest BCUT2D eigenvalue weighted by molar-refractivity contribution is 0.436. The molecule has 0 N–H and O–H groups in total. The molecule has 0 aromatic rings. The van der Waals surface area contributed by atoms with E-state index in [1.807, 2.05) is 0 Å². The minimum absolute atomic E-state index is 0.533. The molecule has 0 nitrogen and oxygen atoms in total. The Balaban J connectivity index is 6.81. The average Bonchev–Trinajstić information content (AvgIpc) is 3.11. The van der Waals surface area contributed by atoms with Gasteiger partial charge < -0.3 is 0 Å². The molecule has 0 radical (unpaired) electrons. The maximum absolute atomic E-state index is 6.64. The Bertz CT molecular complexity index is 1060. The van der Waals surface area contributed by atoms with Crippen LogP contribution in [-0.4, -0.2) is 0 Å². The molecule has 0 amide bonds. The van der Waals surface area contributed by atoms with Gasteiger partial charge in [0.1, 0.15) is 5.41 Å². The van der Waals surface area contributed by atoms with Gasteiger partial charge in [0.2, 0.25) is 0 Å². The number of allylic oxidation sites excluding steroid dienone is 10. The van der Waals surface area contributed by atoms with Crippen LogP contribution in [-0.2, 0) is 0 Å². The summed E-state index contributed by atoms with van der Waals surface area (Å²) in [5.74, 6) is 16.6. The molecular formula is C49H78. The Morgan fingerprint density at radius 2 is 0.796 bits per heavy atom. The monoisotopic (exact) mass is 667 g/mol. The Morgan fingerprint density at radius 1 is 0.408 bits per heavy atom. The first kappa shape index (κ1) is 46.4. The second-order valence-corrected chi connectivity index (χ2v) is 14.0. The van der Waals surface area contributed by atoms with Crippen molar-refractivity contribution in [1.82, 2.24) is 0 Å². The van der Waals surface area contributed by atoms with Crippen LogP contribution in [0.3, 0.4) is 0 Å². The van der Waals surface area contributed by atoms with Gasteiger partial charge in [0.25, 0.3) is 0 Å². The molecular weight excluding hydrogens is 589 g/mol. The maximum atomic E-state index is 6.64. The van der Waals surface area contributed by atoms with Gasteiger partial charge in [-0.3, -0.25) is 0 Å².